The number of hydrogen-bond donors (Lipinski definition) is 0. The maximum absolute atomic E-state index is 5.98. The Balaban J connectivity index is 1.39. The summed E-state index contributed by atoms with van der Waals surface area (Å²) in [5.41, 5.74) is 2.25. The zero-order valence-corrected chi connectivity index (χ0v) is 16.1. The van der Waals surface area contributed by atoms with Gasteiger partial charge in [0.25, 0.3) is 0 Å². The Kier molecular flexibility index (Phi) is 5.99. The third kappa shape index (κ3) is 4.97. The monoisotopic (exact) mass is 362 g/mol. The van der Waals surface area contributed by atoms with Crippen LogP contribution in [0.15, 0.2) is 24.4 Å². The molecule has 0 atom stereocenters. The van der Waals surface area contributed by atoms with Crippen molar-refractivity contribution < 1.29 is 4.74 Å². The quantitative estimate of drug-likeness (QED) is 0.791. The Bertz CT molecular complexity index is 688. The van der Waals surface area contributed by atoms with Crippen LogP contribution in [-0.2, 0) is 13.6 Å². The van der Waals surface area contributed by atoms with Crippen LogP contribution < -0.4 is 4.74 Å². The zero-order valence-electron chi connectivity index (χ0n) is 15.3. The van der Waals surface area contributed by atoms with Gasteiger partial charge in [-0.15, -0.1) is 0 Å². The van der Waals surface area contributed by atoms with Gasteiger partial charge in [0, 0.05) is 57.5 Å². The number of aromatic nitrogens is 2. The minimum atomic E-state index is 0.710. The second kappa shape index (κ2) is 8.21. The minimum Gasteiger partial charge on any atom is -0.492 e. The van der Waals surface area contributed by atoms with Gasteiger partial charge in [-0.3, -0.25) is 9.80 Å². The van der Waals surface area contributed by atoms with Crippen molar-refractivity contribution in [3.8, 4) is 5.75 Å². The van der Waals surface area contributed by atoms with E-state index in [1.54, 1.807) is 0 Å². The van der Waals surface area contributed by atoms with Gasteiger partial charge < -0.3 is 9.30 Å². The molecule has 0 bridgehead atoms. The third-order valence-corrected chi connectivity index (χ3v) is 5.05. The predicted molar refractivity (Wildman–Crippen MR) is 101 cm³/mol. The summed E-state index contributed by atoms with van der Waals surface area (Å²) in [6, 6.07) is 5.77. The standard InChI is InChI=1S/C19H27ClN4O/c1-15-12-17(20)4-5-19(15)25-11-10-23-6-8-24(9-7-23)14-18-13-22(3)16(2)21-18/h4-5,12-13H,6-11,14H2,1-3H3. The van der Waals surface area contributed by atoms with Crippen LogP contribution in [0.5, 0.6) is 5.75 Å². The van der Waals surface area contributed by atoms with Gasteiger partial charge in [0.1, 0.15) is 18.2 Å². The van der Waals surface area contributed by atoms with Crippen LogP contribution in [-0.4, -0.2) is 58.7 Å². The summed E-state index contributed by atoms with van der Waals surface area (Å²) < 4.78 is 7.99. The number of benzene rings is 1. The third-order valence-electron chi connectivity index (χ3n) is 4.81. The first-order valence-electron chi connectivity index (χ1n) is 8.84. The highest BCUT2D eigenvalue weighted by Gasteiger charge is 2.18. The Morgan fingerprint density at radius 1 is 1.12 bits per heavy atom. The van der Waals surface area contributed by atoms with Crippen molar-refractivity contribution >= 4 is 11.6 Å². The number of hydrogen-bond acceptors (Lipinski definition) is 4. The van der Waals surface area contributed by atoms with E-state index < -0.39 is 0 Å². The highest BCUT2D eigenvalue weighted by Crippen LogP contribution is 2.21. The van der Waals surface area contributed by atoms with E-state index in [-0.39, 0.29) is 0 Å². The predicted octanol–water partition coefficient (Wildman–Crippen LogP) is 2.89. The maximum Gasteiger partial charge on any atom is 0.122 e. The van der Waals surface area contributed by atoms with E-state index in [1.165, 1.54) is 0 Å². The average Bonchev–Trinajstić information content (AvgIpc) is 2.89. The molecule has 1 aliphatic rings. The first-order valence-corrected chi connectivity index (χ1v) is 9.21. The molecule has 0 amide bonds. The molecular formula is C19H27ClN4O. The molecule has 0 aliphatic carbocycles. The molecule has 25 heavy (non-hydrogen) atoms. The largest absolute Gasteiger partial charge is 0.492 e. The molecule has 3 rings (SSSR count). The highest BCUT2D eigenvalue weighted by atomic mass is 35.5. The molecular weight excluding hydrogens is 336 g/mol. The number of aryl methyl sites for hydroxylation is 3. The van der Waals surface area contributed by atoms with Crippen LogP contribution in [0.2, 0.25) is 5.02 Å². The topological polar surface area (TPSA) is 33.5 Å². The van der Waals surface area contributed by atoms with E-state index in [4.69, 9.17) is 16.3 Å². The van der Waals surface area contributed by atoms with E-state index >= 15 is 0 Å². The number of ether oxygens (including phenoxy) is 1. The van der Waals surface area contributed by atoms with E-state index in [0.29, 0.717) is 6.61 Å². The molecule has 1 saturated heterocycles. The number of rotatable bonds is 6. The van der Waals surface area contributed by atoms with Crippen LogP contribution in [0.1, 0.15) is 17.1 Å². The molecule has 0 saturated carbocycles. The van der Waals surface area contributed by atoms with Crippen LogP contribution in [0, 0.1) is 13.8 Å². The van der Waals surface area contributed by atoms with E-state index in [2.05, 4.69) is 25.5 Å². The second-order valence-electron chi connectivity index (χ2n) is 6.77. The summed E-state index contributed by atoms with van der Waals surface area (Å²) in [7, 11) is 2.05. The van der Waals surface area contributed by atoms with E-state index in [0.717, 1.165) is 67.1 Å². The summed E-state index contributed by atoms with van der Waals surface area (Å²) in [4.78, 5) is 9.54. The van der Waals surface area contributed by atoms with Gasteiger partial charge in [0.15, 0.2) is 0 Å². The van der Waals surface area contributed by atoms with Crippen LogP contribution in [0.4, 0.5) is 0 Å². The van der Waals surface area contributed by atoms with Crippen LogP contribution in [0.3, 0.4) is 0 Å². The molecule has 2 heterocycles. The number of piperazine rings is 1. The zero-order chi connectivity index (χ0) is 17.8. The lowest BCUT2D eigenvalue weighted by Crippen LogP contribution is -2.47. The molecule has 1 aliphatic heterocycles. The Morgan fingerprint density at radius 2 is 1.84 bits per heavy atom. The Morgan fingerprint density at radius 3 is 2.48 bits per heavy atom. The number of imidazole rings is 1. The summed E-state index contributed by atoms with van der Waals surface area (Å²) in [6.07, 6.45) is 2.13. The van der Waals surface area contributed by atoms with Crippen molar-refractivity contribution in [2.75, 3.05) is 39.3 Å². The van der Waals surface area contributed by atoms with Gasteiger partial charge in [-0.25, -0.2) is 4.98 Å². The molecule has 0 spiro atoms. The second-order valence-corrected chi connectivity index (χ2v) is 7.20. The molecule has 2 aromatic rings. The molecule has 1 fully saturated rings. The lowest BCUT2D eigenvalue weighted by Gasteiger charge is -2.34. The fraction of sp³-hybridized carbons (Fsp3) is 0.526. The van der Waals surface area contributed by atoms with Gasteiger partial charge >= 0.3 is 0 Å². The van der Waals surface area contributed by atoms with Gasteiger partial charge in [-0.1, -0.05) is 11.6 Å². The van der Waals surface area contributed by atoms with Gasteiger partial charge in [-0.05, 0) is 37.6 Å². The Hall–Kier alpha value is -1.56. The molecule has 1 aromatic heterocycles. The van der Waals surface area contributed by atoms with Crippen molar-refractivity contribution in [1.82, 2.24) is 19.4 Å². The smallest absolute Gasteiger partial charge is 0.122 e. The molecule has 0 unspecified atom stereocenters. The lowest BCUT2D eigenvalue weighted by molar-refractivity contribution is 0.111. The molecule has 6 heteroatoms. The maximum atomic E-state index is 5.98. The average molecular weight is 363 g/mol. The fourth-order valence-corrected chi connectivity index (χ4v) is 3.39. The first-order chi connectivity index (χ1) is 12.0. The van der Waals surface area contributed by atoms with Crippen molar-refractivity contribution in [3.63, 3.8) is 0 Å². The van der Waals surface area contributed by atoms with Crippen LogP contribution in [0.25, 0.3) is 0 Å². The van der Waals surface area contributed by atoms with Gasteiger partial charge in [-0.2, -0.15) is 0 Å². The van der Waals surface area contributed by atoms with E-state index in [1.807, 2.05) is 39.1 Å². The SMILES string of the molecule is Cc1cc(Cl)ccc1OCCN1CCN(Cc2cn(C)c(C)n2)CC1. The number of nitrogens with zero attached hydrogens (tertiary/aromatic N) is 4. The lowest BCUT2D eigenvalue weighted by atomic mass is 10.2. The molecule has 0 N–H and O–H groups in total. The van der Waals surface area contributed by atoms with E-state index in [9.17, 15) is 0 Å². The summed E-state index contributed by atoms with van der Waals surface area (Å²) in [6.45, 7) is 11.0. The summed E-state index contributed by atoms with van der Waals surface area (Å²) >= 11 is 5.98. The molecule has 1 aromatic carbocycles. The van der Waals surface area contributed by atoms with Crippen molar-refractivity contribution in [3.05, 3.63) is 46.5 Å². The molecule has 136 valence electrons. The Labute approximate surface area is 155 Å². The van der Waals surface area contributed by atoms with Crippen molar-refractivity contribution in [2.24, 2.45) is 7.05 Å². The fourth-order valence-electron chi connectivity index (χ4n) is 3.17. The molecule has 5 nitrogen and oxygen atoms in total. The van der Waals surface area contributed by atoms with Gasteiger partial charge in [0.05, 0.1) is 5.69 Å². The minimum absolute atomic E-state index is 0.710. The van der Waals surface area contributed by atoms with Gasteiger partial charge in [0.2, 0.25) is 0 Å². The summed E-state index contributed by atoms with van der Waals surface area (Å²) in [5, 5.41) is 0.754. The van der Waals surface area contributed by atoms with Crippen molar-refractivity contribution in [2.45, 2.75) is 20.4 Å². The number of halogens is 1. The van der Waals surface area contributed by atoms with Crippen molar-refractivity contribution in [1.29, 1.82) is 0 Å². The normalized spacial score (nSPS) is 16.3. The highest BCUT2D eigenvalue weighted by molar-refractivity contribution is 6.30. The summed E-state index contributed by atoms with van der Waals surface area (Å²) in [5.74, 6) is 2.00. The first kappa shape index (κ1) is 18.2. The van der Waals surface area contributed by atoms with Crippen LogP contribution >= 0.6 is 11.6 Å². The molecule has 0 radical (unpaired) electrons.